The van der Waals surface area contributed by atoms with Crippen molar-refractivity contribution in [2.45, 2.75) is 56.8 Å². The average molecular weight is 404 g/mol. The highest BCUT2D eigenvalue weighted by molar-refractivity contribution is 7.89. The van der Waals surface area contributed by atoms with Crippen molar-refractivity contribution >= 4 is 21.6 Å². The van der Waals surface area contributed by atoms with Crippen LogP contribution in [0.3, 0.4) is 0 Å². The Morgan fingerprint density at radius 2 is 1.89 bits per heavy atom. The van der Waals surface area contributed by atoms with Gasteiger partial charge in [-0.15, -0.1) is 0 Å². The van der Waals surface area contributed by atoms with Gasteiger partial charge in [0.2, 0.25) is 21.8 Å². The van der Waals surface area contributed by atoms with Gasteiger partial charge in [0.15, 0.2) is 5.82 Å². The molecule has 0 radical (unpaired) electrons. The van der Waals surface area contributed by atoms with E-state index in [4.69, 9.17) is 4.52 Å². The molecule has 0 unspecified atom stereocenters. The van der Waals surface area contributed by atoms with Crippen LogP contribution in [-0.2, 0) is 20.2 Å². The lowest BCUT2D eigenvalue weighted by Crippen LogP contribution is -2.38. The van der Waals surface area contributed by atoms with Crippen LogP contribution in [0, 0.1) is 13.8 Å². The summed E-state index contributed by atoms with van der Waals surface area (Å²) in [4.78, 5) is 16.8. The minimum Gasteiger partial charge on any atom is -0.339 e. The number of fused-ring (bicyclic) bond motifs is 1. The van der Waals surface area contributed by atoms with Gasteiger partial charge in [0.25, 0.3) is 0 Å². The molecule has 1 amide bonds. The van der Waals surface area contributed by atoms with E-state index in [0.29, 0.717) is 37.6 Å². The molecular formula is C19H24N4O4S. The van der Waals surface area contributed by atoms with Crippen LogP contribution in [-0.4, -0.2) is 41.9 Å². The molecular weight excluding hydrogens is 380 g/mol. The Bertz CT molecular complexity index is 1050. The molecule has 0 bridgehead atoms. The number of piperidine rings is 1. The van der Waals surface area contributed by atoms with Crippen molar-refractivity contribution in [3.63, 3.8) is 0 Å². The minimum absolute atomic E-state index is 0.0789. The van der Waals surface area contributed by atoms with Gasteiger partial charge < -0.3 is 9.84 Å². The van der Waals surface area contributed by atoms with Gasteiger partial charge >= 0.3 is 0 Å². The van der Waals surface area contributed by atoms with E-state index < -0.39 is 15.4 Å². The Balaban J connectivity index is 1.59. The normalized spacial score (nSPS) is 20.2. The van der Waals surface area contributed by atoms with Gasteiger partial charge in [-0.05, 0) is 63.8 Å². The molecule has 0 aliphatic carbocycles. The first-order valence-electron chi connectivity index (χ1n) is 9.37. The van der Waals surface area contributed by atoms with E-state index in [-0.39, 0.29) is 16.7 Å². The van der Waals surface area contributed by atoms with Crippen molar-refractivity contribution < 1.29 is 17.7 Å². The fourth-order valence-corrected chi connectivity index (χ4v) is 5.51. The number of benzene rings is 1. The van der Waals surface area contributed by atoms with Crippen LogP contribution in [0.5, 0.6) is 0 Å². The van der Waals surface area contributed by atoms with Crippen LogP contribution in [0.25, 0.3) is 0 Å². The third-order valence-electron chi connectivity index (χ3n) is 5.77. The molecule has 1 aromatic carbocycles. The average Bonchev–Trinajstić information content (AvgIpc) is 3.18. The van der Waals surface area contributed by atoms with Crippen LogP contribution in [0.1, 0.15) is 55.4 Å². The molecule has 2 aromatic rings. The van der Waals surface area contributed by atoms with E-state index in [9.17, 15) is 13.2 Å². The van der Waals surface area contributed by atoms with E-state index >= 15 is 0 Å². The number of sulfonamides is 1. The number of nitrogens with zero attached hydrogens (tertiary/aromatic N) is 3. The highest BCUT2D eigenvalue weighted by atomic mass is 32.2. The highest BCUT2D eigenvalue weighted by Crippen LogP contribution is 2.41. The Labute approximate surface area is 164 Å². The summed E-state index contributed by atoms with van der Waals surface area (Å²) < 4.78 is 33.2. The number of amides is 1. The standard InChI is InChI=1S/C19H24N4O4S/c1-11-9-14(10-15-16(11)21-18(24)19(15,3)4)28(25,26)23-7-5-13(6-8-23)17-20-12(2)22-27-17/h9-10,13H,5-8H2,1-4H3,(H,21,24). The quantitative estimate of drug-likeness (QED) is 0.843. The zero-order chi connectivity index (χ0) is 20.3. The topological polar surface area (TPSA) is 105 Å². The maximum atomic E-state index is 13.2. The van der Waals surface area contributed by atoms with Gasteiger partial charge in [-0.2, -0.15) is 9.29 Å². The van der Waals surface area contributed by atoms with Gasteiger partial charge in [0.1, 0.15) is 0 Å². The van der Waals surface area contributed by atoms with Gasteiger partial charge in [0, 0.05) is 24.7 Å². The Hall–Kier alpha value is -2.26. The van der Waals surface area contributed by atoms with E-state index in [1.165, 1.54) is 4.31 Å². The second-order valence-corrected chi connectivity index (χ2v) is 10.0. The van der Waals surface area contributed by atoms with Crippen molar-refractivity contribution in [1.29, 1.82) is 0 Å². The molecule has 3 heterocycles. The van der Waals surface area contributed by atoms with Crippen LogP contribution in [0.15, 0.2) is 21.6 Å². The molecule has 2 aliphatic heterocycles. The Morgan fingerprint density at radius 1 is 1.21 bits per heavy atom. The Morgan fingerprint density at radius 3 is 2.50 bits per heavy atom. The summed E-state index contributed by atoms with van der Waals surface area (Å²) in [5.74, 6) is 1.13. The van der Waals surface area contributed by atoms with E-state index in [1.54, 1.807) is 19.1 Å². The van der Waals surface area contributed by atoms with Crippen molar-refractivity contribution in [3.05, 3.63) is 35.0 Å². The summed E-state index contributed by atoms with van der Waals surface area (Å²) in [5, 5.41) is 6.69. The zero-order valence-electron chi connectivity index (χ0n) is 16.4. The van der Waals surface area contributed by atoms with Crippen molar-refractivity contribution in [2.75, 3.05) is 18.4 Å². The number of aryl methyl sites for hydroxylation is 2. The number of anilines is 1. The van der Waals surface area contributed by atoms with E-state index in [1.807, 2.05) is 20.8 Å². The van der Waals surface area contributed by atoms with Crippen molar-refractivity contribution in [3.8, 4) is 0 Å². The first-order chi connectivity index (χ1) is 13.1. The lowest BCUT2D eigenvalue weighted by Gasteiger charge is -2.30. The summed E-state index contributed by atoms with van der Waals surface area (Å²) in [7, 11) is -3.65. The second kappa shape index (κ2) is 6.38. The molecule has 1 aromatic heterocycles. The summed E-state index contributed by atoms with van der Waals surface area (Å²) >= 11 is 0. The first-order valence-corrected chi connectivity index (χ1v) is 10.8. The molecule has 0 saturated carbocycles. The second-order valence-electron chi connectivity index (χ2n) is 8.10. The van der Waals surface area contributed by atoms with Crippen LogP contribution >= 0.6 is 0 Å². The third-order valence-corrected chi connectivity index (χ3v) is 7.65. The van der Waals surface area contributed by atoms with E-state index in [2.05, 4.69) is 15.5 Å². The summed E-state index contributed by atoms with van der Waals surface area (Å²) in [6, 6.07) is 3.28. The van der Waals surface area contributed by atoms with Crippen molar-refractivity contribution in [1.82, 2.24) is 14.4 Å². The van der Waals surface area contributed by atoms with Gasteiger partial charge in [-0.3, -0.25) is 4.79 Å². The minimum atomic E-state index is -3.65. The van der Waals surface area contributed by atoms with Crippen LogP contribution < -0.4 is 5.32 Å². The Kier molecular flexibility index (Phi) is 4.35. The number of hydrogen-bond acceptors (Lipinski definition) is 6. The lowest BCUT2D eigenvalue weighted by atomic mass is 9.85. The third kappa shape index (κ3) is 2.93. The molecule has 150 valence electrons. The van der Waals surface area contributed by atoms with Gasteiger partial charge in [-0.25, -0.2) is 8.42 Å². The number of aromatic nitrogens is 2. The van der Waals surface area contributed by atoms with Crippen LogP contribution in [0.2, 0.25) is 0 Å². The van der Waals surface area contributed by atoms with Crippen molar-refractivity contribution in [2.24, 2.45) is 0 Å². The molecule has 1 fully saturated rings. The smallest absolute Gasteiger partial charge is 0.243 e. The molecule has 0 spiro atoms. The largest absolute Gasteiger partial charge is 0.339 e. The molecule has 8 nitrogen and oxygen atoms in total. The van der Waals surface area contributed by atoms with Gasteiger partial charge in [0.05, 0.1) is 10.3 Å². The monoisotopic (exact) mass is 404 g/mol. The number of hydrogen-bond donors (Lipinski definition) is 1. The molecule has 9 heteroatoms. The number of nitrogens with one attached hydrogen (secondary N) is 1. The highest BCUT2D eigenvalue weighted by Gasteiger charge is 2.41. The summed E-state index contributed by atoms with van der Waals surface area (Å²) in [6.07, 6.45) is 1.27. The predicted molar refractivity (Wildman–Crippen MR) is 103 cm³/mol. The summed E-state index contributed by atoms with van der Waals surface area (Å²) in [5.41, 5.74) is 1.45. The zero-order valence-corrected chi connectivity index (χ0v) is 17.3. The maximum absolute atomic E-state index is 13.2. The molecule has 1 saturated heterocycles. The fraction of sp³-hybridized carbons (Fsp3) is 0.526. The first kappa shape index (κ1) is 19.1. The molecule has 4 rings (SSSR count). The lowest BCUT2D eigenvalue weighted by molar-refractivity contribution is -0.119. The molecule has 2 aliphatic rings. The number of carbonyl (C=O) groups is 1. The number of carbonyl (C=O) groups excluding carboxylic acids is 1. The fourth-order valence-electron chi connectivity index (χ4n) is 3.93. The van der Waals surface area contributed by atoms with Crippen LogP contribution in [0.4, 0.5) is 5.69 Å². The number of rotatable bonds is 3. The molecule has 0 atom stereocenters. The van der Waals surface area contributed by atoms with Gasteiger partial charge in [-0.1, -0.05) is 5.16 Å². The predicted octanol–water partition coefficient (Wildman–Crippen LogP) is 2.48. The molecule has 1 N–H and O–H groups in total. The summed E-state index contributed by atoms with van der Waals surface area (Å²) in [6.45, 7) is 7.99. The SMILES string of the molecule is Cc1noc(C2CCN(S(=O)(=O)c3cc(C)c4c(c3)C(C)(C)C(=O)N4)CC2)n1. The maximum Gasteiger partial charge on any atom is 0.243 e. The van der Waals surface area contributed by atoms with E-state index in [0.717, 1.165) is 16.8 Å². The molecule has 28 heavy (non-hydrogen) atoms.